The lowest BCUT2D eigenvalue weighted by atomic mass is 9.93. The first-order chi connectivity index (χ1) is 11.6. The van der Waals surface area contributed by atoms with Gasteiger partial charge in [0.2, 0.25) is 5.91 Å². The van der Waals surface area contributed by atoms with E-state index < -0.39 is 12.1 Å². The summed E-state index contributed by atoms with van der Waals surface area (Å²) in [5.74, 6) is -0.0418. The third kappa shape index (κ3) is 3.92. The van der Waals surface area contributed by atoms with Crippen LogP contribution in [-0.4, -0.2) is 49.4 Å². The first kappa shape index (κ1) is 16.9. The summed E-state index contributed by atoms with van der Waals surface area (Å²) in [6.07, 6.45) is 1.65. The molecule has 24 heavy (non-hydrogen) atoms. The maximum Gasteiger partial charge on any atom is 0.318 e. The number of benzene rings is 1. The fraction of sp³-hybridized carbons (Fsp3) is 0.529. The van der Waals surface area contributed by atoms with E-state index in [-0.39, 0.29) is 12.2 Å². The zero-order chi connectivity index (χ0) is 16.9. The lowest BCUT2D eigenvalue weighted by molar-refractivity contribution is -0.128. The molecule has 1 unspecified atom stereocenters. The molecule has 0 bridgehead atoms. The van der Waals surface area contributed by atoms with E-state index >= 15 is 0 Å². The van der Waals surface area contributed by atoms with E-state index in [1.54, 1.807) is 0 Å². The highest BCUT2D eigenvalue weighted by Crippen LogP contribution is 2.30. The molecule has 1 aromatic rings. The van der Waals surface area contributed by atoms with Gasteiger partial charge in [-0.05, 0) is 31.5 Å². The van der Waals surface area contributed by atoms with Crippen LogP contribution >= 0.6 is 0 Å². The lowest BCUT2D eigenvalue weighted by Gasteiger charge is -2.37. The molecule has 2 fully saturated rings. The van der Waals surface area contributed by atoms with E-state index in [4.69, 9.17) is 15.2 Å². The second kappa shape index (κ2) is 7.74. The van der Waals surface area contributed by atoms with E-state index in [9.17, 15) is 9.59 Å². The molecule has 3 amide bonds. The average Bonchev–Trinajstić information content (AvgIpc) is 3.10. The number of nitrogens with one attached hydrogen (secondary N) is 1. The molecule has 2 heterocycles. The Morgan fingerprint density at radius 1 is 1.12 bits per heavy atom. The quantitative estimate of drug-likeness (QED) is 0.857. The van der Waals surface area contributed by atoms with Crippen molar-refractivity contribution in [3.63, 3.8) is 0 Å². The summed E-state index contributed by atoms with van der Waals surface area (Å²) in [6.45, 7) is 2.77. The Kier molecular flexibility index (Phi) is 5.44. The monoisotopic (exact) mass is 333 g/mol. The fourth-order valence-corrected chi connectivity index (χ4v) is 3.45. The first-order valence-electron chi connectivity index (χ1n) is 8.27. The third-order valence-corrected chi connectivity index (χ3v) is 4.58. The average molecular weight is 333 g/mol. The number of ether oxygens (including phenoxy) is 2. The number of primary amides is 1. The molecule has 130 valence electrons. The van der Waals surface area contributed by atoms with E-state index in [0.29, 0.717) is 19.1 Å². The predicted octanol–water partition coefficient (Wildman–Crippen LogP) is 1.01. The molecule has 3 N–H and O–H groups in total. The summed E-state index contributed by atoms with van der Waals surface area (Å²) in [4.78, 5) is 25.7. The Morgan fingerprint density at radius 3 is 2.33 bits per heavy atom. The van der Waals surface area contributed by atoms with Gasteiger partial charge in [-0.1, -0.05) is 30.3 Å². The summed E-state index contributed by atoms with van der Waals surface area (Å²) in [7, 11) is 0. The van der Waals surface area contributed by atoms with E-state index in [0.717, 1.165) is 31.5 Å². The van der Waals surface area contributed by atoms with Crippen molar-refractivity contribution >= 4 is 11.9 Å². The van der Waals surface area contributed by atoms with Crippen LogP contribution in [0.15, 0.2) is 30.3 Å². The van der Waals surface area contributed by atoms with E-state index in [1.807, 2.05) is 30.3 Å². The number of urea groups is 1. The molecule has 2 aliphatic heterocycles. The minimum atomic E-state index is -0.830. The van der Waals surface area contributed by atoms with Gasteiger partial charge < -0.3 is 15.2 Å². The van der Waals surface area contributed by atoms with Crippen LogP contribution in [0.4, 0.5) is 4.79 Å². The number of piperidine rings is 1. The van der Waals surface area contributed by atoms with Crippen molar-refractivity contribution in [1.29, 1.82) is 0 Å². The zero-order valence-corrected chi connectivity index (χ0v) is 13.5. The van der Waals surface area contributed by atoms with Crippen LogP contribution in [0.5, 0.6) is 0 Å². The van der Waals surface area contributed by atoms with Gasteiger partial charge in [-0.25, -0.2) is 4.79 Å². The molecule has 1 aromatic carbocycles. The molecular weight excluding hydrogens is 310 g/mol. The molecule has 7 nitrogen and oxygen atoms in total. The maximum absolute atomic E-state index is 12.5. The van der Waals surface area contributed by atoms with Crippen LogP contribution in [0.3, 0.4) is 0 Å². The number of carbonyl (C=O) groups excluding carboxylic acids is 2. The molecule has 3 rings (SSSR count). The van der Waals surface area contributed by atoms with Gasteiger partial charge in [0.25, 0.3) is 0 Å². The number of likely N-dealkylation sites (tertiary alicyclic amines) is 1. The van der Waals surface area contributed by atoms with Gasteiger partial charge in [-0.3, -0.25) is 15.0 Å². The van der Waals surface area contributed by atoms with E-state index in [2.05, 4.69) is 10.2 Å². The van der Waals surface area contributed by atoms with Crippen molar-refractivity contribution < 1.29 is 19.1 Å². The number of carbonyl (C=O) groups is 2. The number of hydrogen-bond acceptors (Lipinski definition) is 5. The Balaban J connectivity index is 1.69. The Labute approximate surface area is 141 Å². The number of hydrogen-bond donors (Lipinski definition) is 2. The number of rotatable bonds is 4. The molecule has 0 aromatic heterocycles. The Hall–Kier alpha value is -1.96. The number of amides is 3. The second-order valence-corrected chi connectivity index (χ2v) is 6.15. The first-order valence-corrected chi connectivity index (χ1v) is 8.27. The SMILES string of the molecule is NC(=O)NC(=O)C(c1ccccc1)N1CCC(C2OCCO2)CC1. The van der Waals surface area contributed by atoms with Crippen molar-refractivity contribution in [3.8, 4) is 0 Å². The molecule has 0 aliphatic carbocycles. The molecule has 1 atom stereocenters. The molecule has 7 heteroatoms. The largest absolute Gasteiger partial charge is 0.351 e. The highest BCUT2D eigenvalue weighted by Gasteiger charge is 2.35. The van der Waals surface area contributed by atoms with Crippen LogP contribution in [0.2, 0.25) is 0 Å². The second-order valence-electron chi connectivity index (χ2n) is 6.15. The summed E-state index contributed by atoms with van der Waals surface area (Å²) in [6, 6.07) is 8.09. The van der Waals surface area contributed by atoms with E-state index in [1.165, 1.54) is 0 Å². The van der Waals surface area contributed by atoms with Crippen molar-refractivity contribution in [2.75, 3.05) is 26.3 Å². The smallest absolute Gasteiger partial charge is 0.318 e. The number of nitrogens with zero attached hydrogens (tertiary/aromatic N) is 1. The summed E-state index contributed by atoms with van der Waals surface area (Å²) in [5.41, 5.74) is 5.97. The minimum Gasteiger partial charge on any atom is -0.351 e. The summed E-state index contributed by atoms with van der Waals surface area (Å²) < 4.78 is 11.2. The topological polar surface area (TPSA) is 93.9 Å². The number of imide groups is 1. The summed E-state index contributed by atoms with van der Waals surface area (Å²) in [5, 5.41) is 2.21. The van der Waals surface area contributed by atoms with Crippen molar-refractivity contribution in [2.45, 2.75) is 25.2 Å². The normalized spacial score (nSPS) is 21.5. The maximum atomic E-state index is 12.5. The van der Waals surface area contributed by atoms with Gasteiger partial charge in [0.15, 0.2) is 6.29 Å². The summed E-state index contributed by atoms with van der Waals surface area (Å²) >= 11 is 0. The van der Waals surface area contributed by atoms with Crippen molar-refractivity contribution in [1.82, 2.24) is 10.2 Å². The standard InChI is InChI=1S/C17H23N3O4/c18-17(22)19-15(21)14(12-4-2-1-3-5-12)20-8-6-13(7-9-20)16-23-10-11-24-16/h1-5,13-14,16H,6-11H2,(H3,18,19,21,22). The van der Waals surface area contributed by atoms with Gasteiger partial charge in [0, 0.05) is 5.92 Å². The van der Waals surface area contributed by atoms with Gasteiger partial charge in [0.05, 0.1) is 13.2 Å². The van der Waals surface area contributed by atoms with Crippen LogP contribution in [0.1, 0.15) is 24.4 Å². The molecule has 0 radical (unpaired) electrons. The van der Waals surface area contributed by atoms with Gasteiger partial charge in [0.1, 0.15) is 6.04 Å². The third-order valence-electron chi connectivity index (χ3n) is 4.58. The molecular formula is C17H23N3O4. The zero-order valence-electron chi connectivity index (χ0n) is 13.5. The van der Waals surface area contributed by atoms with Crippen LogP contribution < -0.4 is 11.1 Å². The highest BCUT2D eigenvalue weighted by atomic mass is 16.7. The lowest BCUT2D eigenvalue weighted by Crippen LogP contribution is -2.48. The van der Waals surface area contributed by atoms with Gasteiger partial charge in [-0.2, -0.15) is 0 Å². The number of nitrogens with two attached hydrogens (primary N) is 1. The van der Waals surface area contributed by atoms with Gasteiger partial charge >= 0.3 is 6.03 Å². The molecule has 0 spiro atoms. The minimum absolute atomic E-state index is 0.123. The van der Waals surface area contributed by atoms with Gasteiger partial charge in [-0.15, -0.1) is 0 Å². The highest BCUT2D eigenvalue weighted by molar-refractivity contribution is 5.96. The Bertz CT molecular complexity index is 566. The Morgan fingerprint density at radius 2 is 1.75 bits per heavy atom. The molecule has 0 saturated carbocycles. The fourth-order valence-electron chi connectivity index (χ4n) is 3.45. The predicted molar refractivity (Wildman–Crippen MR) is 86.9 cm³/mol. The van der Waals surface area contributed by atoms with Crippen molar-refractivity contribution in [3.05, 3.63) is 35.9 Å². The molecule has 2 saturated heterocycles. The van der Waals surface area contributed by atoms with Crippen LogP contribution in [0.25, 0.3) is 0 Å². The van der Waals surface area contributed by atoms with Crippen molar-refractivity contribution in [2.24, 2.45) is 11.7 Å². The van der Waals surface area contributed by atoms with Crippen LogP contribution in [-0.2, 0) is 14.3 Å². The molecule has 2 aliphatic rings. The van der Waals surface area contributed by atoms with Crippen LogP contribution in [0, 0.1) is 5.92 Å².